The van der Waals surface area contributed by atoms with Crippen molar-refractivity contribution in [2.45, 2.75) is 6.92 Å². The van der Waals surface area contributed by atoms with Crippen molar-refractivity contribution in [1.82, 2.24) is 9.29 Å². The van der Waals surface area contributed by atoms with Crippen molar-refractivity contribution in [2.75, 3.05) is 18.8 Å². The molecule has 7 heteroatoms. The van der Waals surface area contributed by atoms with Crippen LogP contribution in [0.1, 0.15) is 5.56 Å². The lowest BCUT2D eigenvalue weighted by molar-refractivity contribution is 0.527. The minimum atomic E-state index is -3.45. The molecule has 0 fully saturated rings. The Morgan fingerprint density at radius 2 is 2.07 bits per heavy atom. The van der Waals surface area contributed by atoms with E-state index in [2.05, 4.69) is 25.6 Å². The van der Waals surface area contributed by atoms with Crippen LogP contribution in [-0.2, 0) is 10.2 Å². The summed E-state index contributed by atoms with van der Waals surface area (Å²) in [6.07, 6.45) is 1.46. The molecule has 5 nitrogen and oxygen atoms in total. The summed E-state index contributed by atoms with van der Waals surface area (Å²) in [7, 11) is -0.533. The van der Waals surface area contributed by atoms with E-state index in [1.165, 1.54) is 20.3 Å². The van der Waals surface area contributed by atoms with Gasteiger partial charge in [-0.05, 0) is 34.5 Å². The zero-order chi connectivity index (χ0) is 11.6. The number of hydrogen-bond donors (Lipinski definition) is 1. The average molecular weight is 294 g/mol. The van der Waals surface area contributed by atoms with Gasteiger partial charge in [0.05, 0.1) is 11.9 Å². The molecule has 0 aliphatic carbocycles. The van der Waals surface area contributed by atoms with Gasteiger partial charge in [0.25, 0.3) is 0 Å². The Labute approximate surface area is 97.8 Å². The molecule has 1 heterocycles. The van der Waals surface area contributed by atoms with Crippen molar-refractivity contribution in [3.05, 3.63) is 22.4 Å². The van der Waals surface area contributed by atoms with E-state index in [4.69, 9.17) is 0 Å². The number of anilines is 1. The van der Waals surface area contributed by atoms with Crippen LogP contribution in [0.2, 0.25) is 0 Å². The second-order valence-electron chi connectivity index (χ2n) is 3.22. The third-order valence-electron chi connectivity index (χ3n) is 1.74. The number of rotatable bonds is 3. The van der Waals surface area contributed by atoms with E-state index in [-0.39, 0.29) is 0 Å². The number of aryl methyl sites for hydroxylation is 1. The van der Waals surface area contributed by atoms with E-state index in [1.54, 1.807) is 6.07 Å². The Kier molecular flexibility index (Phi) is 3.69. The van der Waals surface area contributed by atoms with Gasteiger partial charge in [0.15, 0.2) is 0 Å². The highest BCUT2D eigenvalue weighted by atomic mass is 79.9. The summed E-state index contributed by atoms with van der Waals surface area (Å²) >= 11 is 3.24. The summed E-state index contributed by atoms with van der Waals surface area (Å²) in [5, 5.41) is 0. The molecule has 0 atom stereocenters. The summed E-state index contributed by atoms with van der Waals surface area (Å²) in [6, 6.07) is 1.71. The second-order valence-corrected chi connectivity index (χ2v) is 5.86. The van der Waals surface area contributed by atoms with Gasteiger partial charge in [0.2, 0.25) is 0 Å². The van der Waals surface area contributed by atoms with Gasteiger partial charge in [-0.3, -0.25) is 4.72 Å². The molecule has 0 spiro atoms. The van der Waals surface area contributed by atoms with Crippen LogP contribution in [0.5, 0.6) is 0 Å². The number of aromatic nitrogens is 1. The minimum Gasteiger partial charge on any atom is -0.269 e. The van der Waals surface area contributed by atoms with Gasteiger partial charge in [0.1, 0.15) is 4.60 Å². The van der Waals surface area contributed by atoms with Crippen LogP contribution >= 0.6 is 15.9 Å². The highest BCUT2D eigenvalue weighted by molar-refractivity contribution is 9.10. The van der Waals surface area contributed by atoms with Crippen molar-refractivity contribution >= 4 is 31.8 Å². The van der Waals surface area contributed by atoms with Crippen LogP contribution < -0.4 is 4.72 Å². The van der Waals surface area contributed by atoms with E-state index < -0.39 is 10.2 Å². The van der Waals surface area contributed by atoms with Gasteiger partial charge < -0.3 is 0 Å². The van der Waals surface area contributed by atoms with Crippen LogP contribution in [0.4, 0.5) is 5.69 Å². The molecule has 0 aromatic carbocycles. The Balaban J connectivity index is 2.96. The maximum Gasteiger partial charge on any atom is 0.301 e. The van der Waals surface area contributed by atoms with E-state index in [9.17, 15) is 8.42 Å². The van der Waals surface area contributed by atoms with Gasteiger partial charge in [0, 0.05) is 14.1 Å². The van der Waals surface area contributed by atoms with Crippen LogP contribution in [-0.4, -0.2) is 31.8 Å². The fraction of sp³-hybridized carbons (Fsp3) is 0.375. The molecule has 0 aliphatic heterocycles. The lowest BCUT2D eigenvalue weighted by atomic mass is 10.3. The third-order valence-corrected chi connectivity index (χ3v) is 4.03. The molecular weight excluding hydrogens is 282 g/mol. The van der Waals surface area contributed by atoms with Crippen molar-refractivity contribution < 1.29 is 8.42 Å². The Morgan fingerprint density at radius 3 is 2.53 bits per heavy atom. The molecule has 1 aromatic heterocycles. The molecule has 0 unspecified atom stereocenters. The van der Waals surface area contributed by atoms with Crippen molar-refractivity contribution in [3.63, 3.8) is 0 Å². The van der Waals surface area contributed by atoms with Crippen LogP contribution in [0, 0.1) is 6.92 Å². The predicted octanol–water partition coefficient (Wildman–Crippen LogP) is 1.37. The normalized spacial score (nSPS) is 11.8. The summed E-state index contributed by atoms with van der Waals surface area (Å²) in [5.74, 6) is 0. The Hall–Kier alpha value is -0.660. The fourth-order valence-corrected chi connectivity index (χ4v) is 1.66. The van der Waals surface area contributed by atoms with Crippen molar-refractivity contribution in [1.29, 1.82) is 0 Å². The first-order chi connectivity index (χ1) is 6.83. The van der Waals surface area contributed by atoms with E-state index in [0.717, 1.165) is 9.87 Å². The number of nitrogens with zero attached hydrogens (tertiary/aromatic N) is 2. The van der Waals surface area contributed by atoms with Gasteiger partial charge >= 0.3 is 10.2 Å². The van der Waals surface area contributed by atoms with Crippen LogP contribution in [0.25, 0.3) is 0 Å². The molecule has 84 valence electrons. The number of halogens is 1. The first-order valence-corrected chi connectivity index (χ1v) is 6.38. The standard InChI is InChI=1S/C8H12BrN3O2S/c1-6-4-7(5-10-8(6)9)11-15(13,14)12(2)3/h4-5,11H,1-3H3. The SMILES string of the molecule is Cc1cc(NS(=O)(=O)N(C)C)cnc1Br. The highest BCUT2D eigenvalue weighted by Crippen LogP contribution is 2.17. The van der Waals surface area contributed by atoms with Gasteiger partial charge in [-0.2, -0.15) is 12.7 Å². The van der Waals surface area contributed by atoms with Crippen molar-refractivity contribution in [3.8, 4) is 0 Å². The van der Waals surface area contributed by atoms with E-state index >= 15 is 0 Å². The molecule has 1 rings (SSSR count). The smallest absolute Gasteiger partial charge is 0.269 e. The minimum absolute atomic E-state index is 0.449. The van der Waals surface area contributed by atoms with Gasteiger partial charge in [-0.15, -0.1) is 0 Å². The first kappa shape index (κ1) is 12.4. The zero-order valence-electron chi connectivity index (χ0n) is 8.65. The number of pyridine rings is 1. The zero-order valence-corrected chi connectivity index (χ0v) is 11.1. The molecular formula is C8H12BrN3O2S. The maximum absolute atomic E-state index is 11.5. The Bertz CT molecular complexity index is 459. The van der Waals surface area contributed by atoms with Gasteiger partial charge in [-0.25, -0.2) is 4.98 Å². The molecule has 0 radical (unpaired) electrons. The summed E-state index contributed by atoms with van der Waals surface area (Å²) in [6.45, 7) is 1.84. The molecule has 0 amide bonds. The topological polar surface area (TPSA) is 62.3 Å². The molecule has 1 aromatic rings. The lowest BCUT2D eigenvalue weighted by Gasteiger charge is -2.13. The van der Waals surface area contributed by atoms with E-state index in [1.807, 2.05) is 6.92 Å². The first-order valence-electron chi connectivity index (χ1n) is 4.15. The second kappa shape index (κ2) is 4.46. The number of nitrogens with one attached hydrogen (secondary N) is 1. The monoisotopic (exact) mass is 293 g/mol. The summed E-state index contributed by atoms with van der Waals surface area (Å²) in [4.78, 5) is 3.99. The molecule has 0 bridgehead atoms. The summed E-state index contributed by atoms with van der Waals surface area (Å²) < 4.78 is 27.1. The summed E-state index contributed by atoms with van der Waals surface area (Å²) in [5.41, 5.74) is 1.32. The van der Waals surface area contributed by atoms with E-state index in [0.29, 0.717) is 10.3 Å². The molecule has 0 saturated carbocycles. The number of hydrogen-bond acceptors (Lipinski definition) is 3. The fourth-order valence-electron chi connectivity index (χ4n) is 0.854. The highest BCUT2D eigenvalue weighted by Gasteiger charge is 2.13. The quantitative estimate of drug-likeness (QED) is 0.856. The third kappa shape index (κ3) is 3.15. The molecule has 1 N–H and O–H groups in total. The molecule has 15 heavy (non-hydrogen) atoms. The largest absolute Gasteiger partial charge is 0.301 e. The predicted molar refractivity (Wildman–Crippen MR) is 62.9 cm³/mol. The maximum atomic E-state index is 11.5. The Morgan fingerprint density at radius 1 is 1.47 bits per heavy atom. The molecule has 0 saturated heterocycles. The van der Waals surface area contributed by atoms with Gasteiger partial charge in [-0.1, -0.05) is 0 Å². The van der Waals surface area contributed by atoms with Crippen LogP contribution in [0.15, 0.2) is 16.9 Å². The average Bonchev–Trinajstić information content (AvgIpc) is 2.10. The molecule has 0 aliphatic rings. The van der Waals surface area contributed by atoms with Crippen LogP contribution in [0.3, 0.4) is 0 Å². The lowest BCUT2D eigenvalue weighted by Crippen LogP contribution is -2.29. The van der Waals surface area contributed by atoms with Crippen molar-refractivity contribution in [2.24, 2.45) is 0 Å².